The standard InChI is InChI=1S/C13H12F2OSi/c1-16-11-7-9-13(10-8-11)17(14,15)12-5-3-2-4-6-12/h2-10H,1H3. The van der Waals surface area contributed by atoms with Crippen molar-refractivity contribution >= 4 is 19.1 Å². The second-order valence-electron chi connectivity index (χ2n) is 3.67. The highest BCUT2D eigenvalue weighted by molar-refractivity contribution is 6.91. The highest BCUT2D eigenvalue weighted by Gasteiger charge is 2.40. The van der Waals surface area contributed by atoms with Gasteiger partial charge < -0.3 is 4.74 Å². The zero-order valence-electron chi connectivity index (χ0n) is 9.36. The SMILES string of the molecule is COc1ccc([Si](F)(F)c2ccccc2)cc1. The Balaban J connectivity index is 2.37. The second kappa shape index (κ2) is 4.67. The zero-order chi connectivity index (χ0) is 12.3. The maximum absolute atomic E-state index is 14.2. The summed E-state index contributed by atoms with van der Waals surface area (Å²) < 4.78 is 33.4. The average Bonchev–Trinajstić information content (AvgIpc) is 2.40. The third-order valence-electron chi connectivity index (χ3n) is 2.59. The first-order chi connectivity index (χ1) is 8.14. The molecule has 0 heterocycles. The normalized spacial score (nSPS) is 11.2. The molecule has 0 aliphatic carbocycles. The van der Waals surface area contributed by atoms with Crippen LogP contribution in [0, 0.1) is 0 Å². The molecule has 0 amide bonds. The van der Waals surface area contributed by atoms with Gasteiger partial charge in [-0.2, -0.15) is 0 Å². The molecule has 0 bridgehead atoms. The van der Waals surface area contributed by atoms with Gasteiger partial charge in [-0.05, 0) is 12.1 Å². The minimum atomic E-state index is -4.55. The van der Waals surface area contributed by atoms with Crippen LogP contribution in [-0.2, 0) is 0 Å². The molecule has 2 rings (SSSR count). The molecule has 0 aliphatic rings. The van der Waals surface area contributed by atoms with Crippen LogP contribution in [0.15, 0.2) is 54.6 Å². The summed E-state index contributed by atoms with van der Waals surface area (Å²) in [5.41, 5.74) is 0. The van der Waals surface area contributed by atoms with Gasteiger partial charge in [0.15, 0.2) is 0 Å². The summed E-state index contributed by atoms with van der Waals surface area (Å²) in [5.74, 6) is 0.589. The van der Waals surface area contributed by atoms with E-state index in [2.05, 4.69) is 0 Å². The Labute approximate surface area is 100 Å². The smallest absolute Gasteiger partial charge is 0.487 e. The van der Waals surface area contributed by atoms with Crippen LogP contribution in [0.25, 0.3) is 0 Å². The van der Waals surface area contributed by atoms with E-state index in [1.807, 2.05) is 0 Å². The molecule has 0 aliphatic heterocycles. The van der Waals surface area contributed by atoms with Crippen molar-refractivity contribution < 1.29 is 13.0 Å². The lowest BCUT2D eigenvalue weighted by Gasteiger charge is -2.13. The van der Waals surface area contributed by atoms with E-state index in [1.165, 1.54) is 31.4 Å². The van der Waals surface area contributed by atoms with E-state index in [1.54, 1.807) is 30.3 Å². The van der Waals surface area contributed by atoms with Gasteiger partial charge in [-0.25, -0.2) is 0 Å². The van der Waals surface area contributed by atoms with E-state index in [-0.39, 0.29) is 10.4 Å². The third-order valence-corrected chi connectivity index (χ3v) is 4.71. The number of methoxy groups -OCH3 is 1. The first-order valence-electron chi connectivity index (χ1n) is 5.22. The number of hydrogen-bond donors (Lipinski definition) is 0. The van der Waals surface area contributed by atoms with Gasteiger partial charge in [-0.1, -0.05) is 42.5 Å². The molecule has 0 radical (unpaired) electrons. The zero-order valence-corrected chi connectivity index (χ0v) is 10.4. The molecule has 0 saturated heterocycles. The summed E-state index contributed by atoms with van der Waals surface area (Å²) in [5, 5.41) is 0.231. The van der Waals surface area contributed by atoms with Crippen LogP contribution in [0.5, 0.6) is 5.75 Å². The van der Waals surface area contributed by atoms with Gasteiger partial charge in [0, 0.05) is 10.4 Å². The number of hydrogen-bond acceptors (Lipinski definition) is 1. The molecule has 2 aromatic carbocycles. The minimum Gasteiger partial charge on any atom is -0.497 e. The van der Waals surface area contributed by atoms with E-state index in [4.69, 9.17) is 4.74 Å². The highest BCUT2D eigenvalue weighted by Crippen LogP contribution is 2.12. The van der Waals surface area contributed by atoms with Gasteiger partial charge in [0.05, 0.1) is 7.11 Å². The Morgan fingerprint density at radius 1 is 0.824 bits per heavy atom. The molecule has 0 saturated carbocycles. The Morgan fingerprint density at radius 3 is 1.88 bits per heavy atom. The largest absolute Gasteiger partial charge is 0.497 e. The van der Waals surface area contributed by atoms with Crippen LogP contribution in [0.2, 0.25) is 0 Å². The van der Waals surface area contributed by atoms with Crippen molar-refractivity contribution in [3.63, 3.8) is 0 Å². The summed E-state index contributed by atoms with van der Waals surface area (Å²) in [7, 11) is -3.03. The van der Waals surface area contributed by atoms with E-state index >= 15 is 0 Å². The molecule has 2 aromatic rings. The van der Waals surface area contributed by atoms with Crippen molar-refractivity contribution in [1.29, 1.82) is 0 Å². The van der Waals surface area contributed by atoms with E-state index in [9.17, 15) is 8.22 Å². The van der Waals surface area contributed by atoms with Crippen LogP contribution < -0.4 is 15.1 Å². The molecule has 0 atom stereocenters. The Bertz CT molecular complexity index is 483. The predicted octanol–water partition coefficient (Wildman–Crippen LogP) is 2.19. The molecule has 0 spiro atoms. The molecule has 88 valence electrons. The fourth-order valence-electron chi connectivity index (χ4n) is 1.61. The third kappa shape index (κ3) is 2.36. The molecular weight excluding hydrogens is 238 g/mol. The van der Waals surface area contributed by atoms with E-state index in [0.29, 0.717) is 5.75 Å². The molecule has 4 heteroatoms. The maximum atomic E-state index is 14.2. The Hall–Kier alpha value is -1.68. The van der Waals surface area contributed by atoms with E-state index < -0.39 is 8.74 Å². The number of ether oxygens (including phenoxy) is 1. The summed E-state index contributed by atoms with van der Waals surface area (Å²) >= 11 is 0. The second-order valence-corrected chi connectivity index (χ2v) is 5.97. The van der Waals surface area contributed by atoms with Crippen molar-refractivity contribution in [3.8, 4) is 5.75 Å². The molecule has 17 heavy (non-hydrogen) atoms. The van der Waals surface area contributed by atoms with Crippen LogP contribution in [0.3, 0.4) is 0 Å². The number of benzene rings is 2. The summed E-state index contributed by atoms with van der Waals surface area (Å²) in [4.78, 5) is 0. The van der Waals surface area contributed by atoms with Gasteiger partial charge in [-0.3, -0.25) is 8.22 Å². The predicted molar refractivity (Wildman–Crippen MR) is 66.7 cm³/mol. The first-order valence-corrected chi connectivity index (χ1v) is 6.98. The number of halogens is 2. The van der Waals surface area contributed by atoms with Crippen LogP contribution in [0.1, 0.15) is 0 Å². The highest BCUT2D eigenvalue weighted by atomic mass is 28.4. The summed E-state index contributed by atoms with van der Waals surface area (Å²) in [6.45, 7) is 0. The van der Waals surface area contributed by atoms with Crippen molar-refractivity contribution in [2.24, 2.45) is 0 Å². The summed E-state index contributed by atoms with van der Waals surface area (Å²) in [6, 6.07) is 14.0. The Morgan fingerprint density at radius 2 is 1.35 bits per heavy atom. The van der Waals surface area contributed by atoms with Crippen LogP contribution in [-0.4, -0.2) is 15.9 Å². The van der Waals surface area contributed by atoms with Crippen LogP contribution in [0.4, 0.5) is 8.22 Å². The van der Waals surface area contributed by atoms with Crippen LogP contribution >= 0.6 is 0 Å². The van der Waals surface area contributed by atoms with Gasteiger partial charge in [0.25, 0.3) is 0 Å². The minimum absolute atomic E-state index is 0.101. The average molecular weight is 250 g/mol. The number of rotatable bonds is 3. The fraction of sp³-hybridized carbons (Fsp3) is 0.0769. The van der Waals surface area contributed by atoms with Gasteiger partial charge in [0.2, 0.25) is 0 Å². The monoisotopic (exact) mass is 250 g/mol. The summed E-state index contributed by atoms with van der Waals surface area (Å²) in [6.07, 6.45) is 0. The van der Waals surface area contributed by atoms with Gasteiger partial charge in [-0.15, -0.1) is 0 Å². The van der Waals surface area contributed by atoms with Crippen molar-refractivity contribution in [3.05, 3.63) is 54.6 Å². The first kappa shape index (κ1) is 11.8. The molecule has 1 nitrogen and oxygen atoms in total. The topological polar surface area (TPSA) is 9.23 Å². The van der Waals surface area contributed by atoms with Gasteiger partial charge >= 0.3 is 8.74 Å². The molecule has 0 unspecified atom stereocenters. The fourth-order valence-corrected chi connectivity index (χ4v) is 3.14. The van der Waals surface area contributed by atoms with Gasteiger partial charge in [0.1, 0.15) is 5.75 Å². The molecule has 0 aromatic heterocycles. The van der Waals surface area contributed by atoms with Crippen molar-refractivity contribution in [2.45, 2.75) is 0 Å². The van der Waals surface area contributed by atoms with E-state index in [0.717, 1.165) is 0 Å². The Kier molecular flexibility index (Phi) is 3.24. The molecular formula is C13H12F2OSi. The maximum Gasteiger partial charge on any atom is 0.487 e. The van der Waals surface area contributed by atoms with Crippen molar-refractivity contribution in [1.82, 2.24) is 0 Å². The lowest BCUT2D eigenvalue weighted by molar-refractivity contribution is 0.415. The lowest BCUT2D eigenvalue weighted by atomic mass is 10.3. The molecule has 0 fully saturated rings. The lowest BCUT2D eigenvalue weighted by Crippen LogP contribution is -2.50. The quantitative estimate of drug-likeness (QED) is 0.599. The van der Waals surface area contributed by atoms with Crippen molar-refractivity contribution in [2.75, 3.05) is 7.11 Å². The molecule has 0 N–H and O–H groups in total.